The highest BCUT2D eigenvalue weighted by atomic mass is 35.5. The van der Waals surface area contributed by atoms with E-state index >= 15 is 0 Å². The lowest BCUT2D eigenvalue weighted by Crippen LogP contribution is -2.07. The molecular weight excluding hydrogens is 295 g/mol. The molecular formula is C9H12Cl2N6S. The lowest BCUT2D eigenvalue weighted by atomic mass is 10.6. The second-order valence-corrected chi connectivity index (χ2v) is 5.33. The van der Waals surface area contributed by atoms with Crippen molar-refractivity contribution < 1.29 is 0 Å². The maximum absolute atomic E-state index is 5.99. The van der Waals surface area contributed by atoms with Crippen LogP contribution in [-0.4, -0.2) is 36.6 Å². The maximum atomic E-state index is 5.99. The molecule has 0 aliphatic carbocycles. The van der Waals surface area contributed by atoms with Crippen LogP contribution in [0.3, 0.4) is 0 Å². The highest BCUT2D eigenvalue weighted by Crippen LogP contribution is 2.21. The molecule has 2 aromatic rings. The molecule has 0 amide bonds. The molecule has 6 nitrogen and oxygen atoms in total. The molecule has 0 aliphatic heterocycles. The second kappa shape index (κ2) is 5.92. The van der Waals surface area contributed by atoms with Crippen molar-refractivity contribution in [1.29, 1.82) is 0 Å². The molecule has 2 rings (SSSR count). The SMILES string of the molecule is Cn1c(Cn2cnc(Cl)c2Cl)nnc1SCCN. The summed E-state index contributed by atoms with van der Waals surface area (Å²) in [5.41, 5.74) is 5.46. The molecule has 9 heteroatoms. The Labute approximate surface area is 118 Å². The Balaban J connectivity index is 2.15. The monoisotopic (exact) mass is 306 g/mol. The van der Waals surface area contributed by atoms with Gasteiger partial charge in [-0.1, -0.05) is 35.0 Å². The van der Waals surface area contributed by atoms with Gasteiger partial charge in [-0.05, 0) is 0 Å². The smallest absolute Gasteiger partial charge is 0.191 e. The molecule has 2 heterocycles. The number of thioether (sulfide) groups is 1. The topological polar surface area (TPSA) is 74.5 Å². The largest absolute Gasteiger partial charge is 0.330 e. The van der Waals surface area contributed by atoms with Crippen LogP contribution >= 0.6 is 35.0 Å². The van der Waals surface area contributed by atoms with Gasteiger partial charge in [-0.25, -0.2) is 4.98 Å². The van der Waals surface area contributed by atoms with Gasteiger partial charge in [0, 0.05) is 19.3 Å². The van der Waals surface area contributed by atoms with Crippen LogP contribution in [0.25, 0.3) is 0 Å². The molecule has 18 heavy (non-hydrogen) atoms. The Morgan fingerprint density at radius 3 is 2.78 bits per heavy atom. The van der Waals surface area contributed by atoms with Crippen molar-refractivity contribution in [3.8, 4) is 0 Å². The Morgan fingerprint density at radius 2 is 2.17 bits per heavy atom. The molecule has 98 valence electrons. The second-order valence-electron chi connectivity index (χ2n) is 3.55. The highest BCUT2D eigenvalue weighted by molar-refractivity contribution is 7.99. The van der Waals surface area contributed by atoms with Crippen molar-refractivity contribution in [2.24, 2.45) is 12.8 Å². The summed E-state index contributed by atoms with van der Waals surface area (Å²) in [4.78, 5) is 3.92. The molecule has 0 saturated carbocycles. The molecule has 2 N–H and O–H groups in total. The van der Waals surface area contributed by atoms with Gasteiger partial charge in [0.05, 0.1) is 12.9 Å². The van der Waals surface area contributed by atoms with E-state index in [1.807, 2.05) is 11.6 Å². The third-order valence-electron chi connectivity index (χ3n) is 2.32. The quantitative estimate of drug-likeness (QED) is 0.846. The van der Waals surface area contributed by atoms with E-state index in [2.05, 4.69) is 15.2 Å². The van der Waals surface area contributed by atoms with E-state index in [1.54, 1.807) is 22.7 Å². The van der Waals surface area contributed by atoms with Crippen molar-refractivity contribution in [1.82, 2.24) is 24.3 Å². The van der Waals surface area contributed by atoms with Crippen LogP contribution < -0.4 is 5.73 Å². The average molecular weight is 307 g/mol. The molecule has 0 aromatic carbocycles. The first kappa shape index (κ1) is 13.7. The van der Waals surface area contributed by atoms with Crippen molar-refractivity contribution in [2.75, 3.05) is 12.3 Å². The Hall–Kier alpha value is -0.760. The van der Waals surface area contributed by atoms with Crippen LogP contribution in [0.1, 0.15) is 5.82 Å². The average Bonchev–Trinajstić information content (AvgIpc) is 2.86. The predicted molar refractivity (Wildman–Crippen MR) is 72.1 cm³/mol. The van der Waals surface area contributed by atoms with Gasteiger partial charge in [-0.3, -0.25) is 0 Å². The van der Waals surface area contributed by atoms with E-state index in [9.17, 15) is 0 Å². The fourth-order valence-electron chi connectivity index (χ4n) is 1.36. The van der Waals surface area contributed by atoms with Crippen LogP contribution in [0.4, 0.5) is 0 Å². The van der Waals surface area contributed by atoms with Crippen LogP contribution in [0.5, 0.6) is 0 Å². The summed E-state index contributed by atoms with van der Waals surface area (Å²) in [5.74, 6) is 1.59. The molecule has 0 spiro atoms. The molecule has 2 aromatic heterocycles. The van der Waals surface area contributed by atoms with Crippen LogP contribution in [0.15, 0.2) is 11.5 Å². The minimum absolute atomic E-state index is 0.288. The van der Waals surface area contributed by atoms with Gasteiger partial charge in [0.2, 0.25) is 0 Å². The Morgan fingerprint density at radius 1 is 1.39 bits per heavy atom. The first-order valence-corrected chi connectivity index (χ1v) is 6.95. The first-order chi connectivity index (χ1) is 8.63. The highest BCUT2D eigenvalue weighted by Gasteiger charge is 2.12. The molecule has 0 unspecified atom stereocenters. The number of halogens is 2. The van der Waals surface area contributed by atoms with Gasteiger partial charge in [0.25, 0.3) is 0 Å². The van der Waals surface area contributed by atoms with E-state index in [4.69, 9.17) is 28.9 Å². The maximum Gasteiger partial charge on any atom is 0.191 e. The summed E-state index contributed by atoms with van der Waals surface area (Å²) in [6, 6.07) is 0. The standard InChI is InChI=1S/C9H12Cl2N6S/c1-16-6(14-15-9(16)18-3-2-12)4-17-5-13-7(10)8(17)11/h5H,2-4,12H2,1H3. The first-order valence-electron chi connectivity index (χ1n) is 5.20. The van der Waals surface area contributed by atoms with Gasteiger partial charge < -0.3 is 14.9 Å². The molecule has 0 aliphatic rings. The molecule has 0 atom stereocenters. The zero-order valence-electron chi connectivity index (χ0n) is 9.68. The van der Waals surface area contributed by atoms with Crippen molar-refractivity contribution in [3.63, 3.8) is 0 Å². The normalized spacial score (nSPS) is 11.1. The van der Waals surface area contributed by atoms with Gasteiger partial charge in [-0.2, -0.15) is 0 Å². The third kappa shape index (κ3) is 2.80. The zero-order valence-corrected chi connectivity index (χ0v) is 12.0. The zero-order chi connectivity index (χ0) is 13.1. The van der Waals surface area contributed by atoms with E-state index in [0.717, 1.165) is 16.7 Å². The summed E-state index contributed by atoms with van der Waals surface area (Å²) in [6.45, 7) is 1.08. The number of aromatic nitrogens is 5. The van der Waals surface area contributed by atoms with Gasteiger partial charge in [0.15, 0.2) is 16.1 Å². The Kier molecular flexibility index (Phi) is 4.50. The molecule has 0 radical (unpaired) electrons. The van der Waals surface area contributed by atoms with Crippen molar-refractivity contribution in [3.05, 3.63) is 22.5 Å². The van der Waals surface area contributed by atoms with Gasteiger partial charge in [0.1, 0.15) is 5.15 Å². The van der Waals surface area contributed by atoms with Crippen LogP contribution in [0, 0.1) is 0 Å². The lowest BCUT2D eigenvalue weighted by Gasteiger charge is -2.04. The molecule has 0 bridgehead atoms. The van der Waals surface area contributed by atoms with E-state index in [1.165, 1.54) is 0 Å². The summed E-state index contributed by atoms with van der Waals surface area (Å²) >= 11 is 13.3. The number of hydrogen-bond donors (Lipinski definition) is 1. The summed E-state index contributed by atoms with van der Waals surface area (Å²) in [7, 11) is 1.90. The number of nitrogens with two attached hydrogens (primary N) is 1. The van der Waals surface area contributed by atoms with E-state index in [-0.39, 0.29) is 5.15 Å². The summed E-state index contributed by atoms with van der Waals surface area (Å²) in [5, 5.41) is 9.73. The Bertz CT molecular complexity index is 537. The molecule has 0 saturated heterocycles. The van der Waals surface area contributed by atoms with Gasteiger partial charge >= 0.3 is 0 Å². The van der Waals surface area contributed by atoms with E-state index in [0.29, 0.717) is 18.2 Å². The summed E-state index contributed by atoms with van der Waals surface area (Å²) in [6.07, 6.45) is 1.58. The predicted octanol–water partition coefficient (Wildman–Crippen LogP) is 1.42. The third-order valence-corrected chi connectivity index (χ3v) is 4.14. The number of nitrogens with zero attached hydrogens (tertiary/aromatic N) is 5. The minimum atomic E-state index is 0.288. The number of hydrogen-bond acceptors (Lipinski definition) is 5. The minimum Gasteiger partial charge on any atom is -0.330 e. The fraction of sp³-hybridized carbons (Fsp3) is 0.444. The van der Waals surface area contributed by atoms with Crippen molar-refractivity contribution >= 4 is 35.0 Å². The number of rotatable bonds is 5. The van der Waals surface area contributed by atoms with Crippen molar-refractivity contribution in [2.45, 2.75) is 11.7 Å². The van der Waals surface area contributed by atoms with Gasteiger partial charge in [-0.15, -0.1) is 10.2 Å². The van der Waals surface area contributed by atoms with E-state index < -0.39 is 0 Å². The van der Waals surface area contributed by atoms with Crippen LogP contribution in [-0.2, 0) is 13.6 Å². The summed E-state index contributed by atoms with van der Waals surface area (Å²) < 4.78 is 3.62. The fourth-order valence-corrected chi connectivity index (χ4v) is 2.37. The van der Waals surface area contributed by atoms with Crippen LogP contribution in [0.2, 0.25) is 10.3 Å². The molecule has 0 fully saturated rings. The lowest BCUT2D eigenvalue weighted by molar-refractivity contribution is 0.675. The number of imidazole rings is 1.